The van der Waals surface area contributed by atoms with Gasteiger partial charge >= 0.3 is 5.97 Å². The van der Waals surface area contributed by atoms with Crippen molar-refractivity contribution in [3.8, 4) is 0 Å². The molecule has 0 fully saturated rings. The van der Waals surface area contributed by atoms with Crippen LogP contribution in [0.5, 0.6) is 0 Å². The Morgan fingerprint density at radius 1 is 1.35 bits per heavy atom. The molecule has 2 heterocycles. The average Bonchev–Trinajstić information content (AvgIpc) is 3.17. The molecule has 0 spiro atoms. The van der Waals surface area contributed by atoms with Gasteiger partial charge in [0.2, 0.25) is 5.91 Å². The fourth-order valence-corrected chi connectivity index (χ4v) is 2.76. The summed E-state index contributed by atoms with van der Waals surface area (Å²) in [4.78, 5) is 25.8. The first-order valence-corrected chi connectivity index (χ1v) is 7.66. The summed E-state index contributed by atoms with van der Waals surface area (Å²) in [5.74, 6) is -0.257. The second-order valence-corrected chi connectivity index (χ2v) is 5.59. The lowest BCUT2D eigenvalue weighted by atomic mass is 10.1. The van der Waals surface area contributed by atoms with Crippen LogP contribution in [0.1, 0.15) is 34.8 Å². The lowest BCUT2D eigenvalue weighted by Crippen LogP contribution is -2.27. The van der Waals surface area contributed by atoms with Gasteiger partial charge in [0.05, 0.1) is 11.8 Å². The van der Waals surface area contributed by atoms with Gasteiger partial charge in [-0.2, -0.15) is 5.10 Å². The number of rotatable bonds is 4. The van der Waals surface area contributed by atoms with Crippen LogP contribution >= 0.6 is 0 Å². The standard InChI is InChI=1S/C17H19N3O3/c1-3-16(21)20-7-6-13-8-14(4-5-15(13)20)17(22)23-11-12-9-18-19(2)10-12/h4-5,8-10H,3,6-7,11H2,1-2H3. The maximum absolute atomic E-state index is 12.2. The topological polar surface area (TPSA) is 64.4 Å². The molecule has 0 unspecified atom stereocenters. The number of amides is 1. The molecule has 0 saturated carbocycles. The highest BCUT2D eigenvalue weighted by molar-refractivity contribution is 5.97. The van der Waals surface area contributed by atoms with Crippen molar-refractivity contribution in [3.05, 3.63) is 47.3 Å². The van der Waals surface area contributed by atoms with E-state index < -0.39 is 0 Å². The maximum Gasteiger partial charge on any atom is 0.338 e. The largest absolute Gasteiger partial charge is 0.457 e. The minimum Gasteiger partial charge on any atom is -0.457 e. The number of aryl methyl sites for hydroxylation is 1. The molecule has 0 bridgehead atoms. The summed E-state index contributed by atoms with van der Waals surface area (Å²) in [6.45, 7) is 2.73. The fraction of sp³-hybridized carbons (Fsp3) is 0.353. The van der Waals surface area contributed by atoms with Crippen molar-refractivity contribution in [1.29, 1.82) is 0 Å². The zero-order valence-electron chi connectivity index (χ0n) is 13.3. The van der Waals surface area contributed by atoms with Crippen LogP contribution in [0.3, 0.4) is 0 Å². The summed E-state index contributed by atoms with van der Waals surface area (Å²) in [6.07, 6.45) is 4.73. The molecule has 0 N–H and O–H groups in total. The van der Waals surface area contributed by atoms with E-state index in [2.05, 4.69) is 5.10 Å². The van der Waals surface area contributed by atoms with Gasteiger partial charge in [0.15, 0.2) is 0 Å². The molecule has 1 amide bonds. The Labute approximate surface area is 134 Å². The van der Waals surface area contributed by atoms with Gasteiger partial charge in [-0.1, -0.05) is 6.92 Å². The Morgan fingerprint density at radius 3 is 2.87 bits per heavy atom. The molecule has 23 heavy (non-hydrogen) atoms. The fourth-order valence-electron chi connectivity index (χ4n) is 2.76. The van der Waals surface area contributed by atoms with Crippen LogP contribution in [0.4, 0.5) is 5.69 Å². The first-order valence-electron chi connectivity index (χ1n) is 7.66. The quantitative estimate of drug-likeness (QED) is 0.811. The Bertz CT molecular complexity index is 751. The van der Waals surface area contributed by atoms with E-state index in [4.69, 9.17) is 4.74 Å². The Hall–Kier alpha value is -2.63. The van der Waals surface area contributed by atoms with Gasteiger partial charge in [0.1, 0.15) is 6.61 Å². The minimum absolute atomic E-state index is 0.107. The van der Waals surface area contributed by atoms with Gasteiger partial charge in [-0.3, -0.25) is 9.48 Å². The van der Waals surface area contributed by atoms with E-state index in [1.807, 2.05) is 32.3 Å². The second-order valence-electron chi connectivity index (χ2n) is 5.59. The molecule has 6 heteroatoms. The van der Waals surface area contributed by atoms with E-state index in [9.17, 15) is 9.59 Å². The minimum atomic E-state index is -0.364. The highest BCUT2D eigenvalue weighted by atomic mass is 16.5. The van der Waals surface area contributed by atoms with Crippen molar-refractivity contribution >= 4 is 17.6 Å². The van der Waals surface area contributed by atoms with Gasteiger partial charge < -0.3 is 9.64 Å². The van der Waals surface area contributed by atoms with Crippen LogP contribution in [0, 0.1) is 0 Å². The van der Waals surface area contributed by atoms with E-state index >= 15 is 0 Å². The summed E-state index contributed by atoms with van der Waals surface area (Å²) >= 11 is 0. The lowest BCUT2D eigenvalue weighted by molar-refractivity contribution is -0.118. The number of carbonyl (C=O) groups is 2. The zero-order valence-corrected chi connectivity index (χ0v) is 13.3. The van der Waals surface area contributed by atoms with Crippen molar-refractivity contribution in [2.24, 2.45) is 7.05 Å². The summed E-state index contributed by atoms with van der Waals surface area (Å²) in [5.41, 5.74) is 3.28. The molecular formula is C17H19N3O3. The van der Waals surface area contributed by atoms with E-state index in [0.29, 0.717) is 18.5 Å². The molecule has 120 valence electrons. The number of fused-ring (bicyclic) bond motifs is 1. The van der Waals surface area contributed by atoms with Crippen LogP contribution in [-0.2, 0) is 29.6 Å². The van der Waals surface area contributed by atoms with Crippen LogP contribution < -0.4 is 4.90 Å². The Balaban J connectivity index is 1.69. The van der Waals surface area contributed by atoms with E-state index in [1.54, 1.807) is 21.8 Å². The van der Waals surface area contributed by atoms with Crippen molar-refractivity contribution in [2.45, 2.75) is 26.4 Å². The van der Waals surface area contributed by atoms with Gasteiger partial charge in [-0.25, -0.2) is 4.79 Å². The van der Waals surface area contributed by atoms with Crippen LogP contribution in [0.15, 0.2) is 30.6 Å². The number of ether oxygens (including phenoxy) is 1. The van der Waals surface area contributed by atoms with Crippen LogP contribution in [0.25, 0.3) is 0 Å². The third kappa shape index (κ3) is 3.11. The molecule has 0 radical (unpaired) electrons. The molecular weight excluding hydrogens is 294 g/mol. The summed E-state index contributed by atoms with van der Waals surface area (Å²) in [5, 5.41) is 4.04. The van der Waals surface area contributed by atoms with Crippen LogP contribution in [0.2, 0.25) is 0 Å². The number of anilines is 1. The maximum atomic E-state index is 12.2. The highest BCUT2D eigenvalue weighted by Gasteiger charge is 2.24. The summed E-state index contributed by atoms with van der Waals surface area (Å²) in [7, 11) is 1.81. The SMILES string of the molecule is CCC(=O)N1CCc2cc(C(=O)OCc3cnn(C)c3)ccc21. The third-order valence-electron chi connectivity index (χ3n) is 3.94. The second kappa shape index (κ2) is 6.24. The zero-order chi connectivity index (χ0) is 16.4. The van der Waals surface area contributed by atoms with Crippen LogP contribution in [-0.4, -0.2) is 28.2 Å². The number of benzene rings is 1. The number of hydrogen-bond acceptors (Lipinski definition) is 4. The molecule has 6 nitrogen and oxygen atoms in total. The first kappa shape index (κ1) is 15.3. The Kier molecular flexibility index (Phi) is 4.14. The normalized spacial score (nSPS) is 13.0. The number of esters is 1. The van der Waals surface area contributed by atoms with Crippen molar-refractivity contribution in [2.75, 3.05) is 11.4 Å². The van der Waals surface area contributed by atoms with Crippen molar-refractivity contribution in [3.63, 3.8) is 0 Å². The number of aromatic nitrogens is 2. The molecule has 0 atom stereocenters. The predicted octanol–water partition coefficient (Wildman–Crippen LogP) is 2.08. The lowest BCUT2D eigenvalue weighted by Gasteiger charge is -2.16. The molecule has 0 aliphatic carbocycles. The van der Waals surface area contributed by atoms with Crippen molar-refractivity contribution < 1.29 is 14.3 Å². The number of carbonyl (C=O) groups excluding carboxylic acids is 2. The van der Waals surface area contributed by atoms with E-state index in [-0.39, 0.29) is 18.5 Å². The van der Waals surface area contributed by atoms with Crippen molar-refractivity contribution in [1.82, 2.24) is 9.78 Å². The molecule has 1 aliphatic heterocycles. The molecule has 1 aromatic carbocycles. The third-order valence-corrected chi connectivity index (χ3v) is 3.94. The molecule has 1 aliphatic rings. The first-order chi connectivity index (χ1) is 11.1. The highest BCUT2D eigenvalue weighted by Crippen LogP contribution is 2.29. The Morgan fingerprint density at radius 2 is 2.17 bits per heavy atom. The average molecular weight is 313 g/mol. The monoisotopic (exact) mass is 313 g/mol. The molecule has 1 aromatic heterocycles. The summed E-state index contributed by atoms with van der Waals surface area (Å²) in [6, 6.07) is 5.37. The molecule has 2 aromatic rings. The number of nitrogens with zero attached hydrogens (tertiary/aromatic N) is 3. The van der Waals surface area contributed by atoms with Gasteiger partial charge in [0, 0.05) is 37.5 Å². The van der Waals surface area contributed by atoms with Gasteiger partial charge in [-0.15, -0.1) is 0 Å². The molecule has 3 rings (SSSR count). The van der Waals surface area contributed by atoms with Gasteiger partial charge in [0.25, 0.3) is 0 Å². The molecule has 0 saturated heterocycles. The van der Waals surface area contributed by atoms with Gasteiger partial charge in [-0.05, 0) is 30.2 Å². The number of hydrogen-bond donors (Lipinski definition) is 0. The smallest absolute Gasteiger partial charge is 0.338 e. The predicted molar refractivity (Wildman–Crippen MR) is 85.1 cm³/mol. The van der Waals surface area contributed by atoms with E-state index in [0.717, 1.165) is 23.2 Å². The summed E-state index contributed by atoms with van der Waals surface area (Å²) < 4.78 is 6.97. The van der Waals surface area contributed by atoms with E-state index in [1.165, 1.54) is 0 Å².